The molecule has 1 saturated carbocycles. The van der Waals surface area contributed by atoms with Crippen LogP contribution in [0.4, 0.5) is 5.95 Å². The van der Waals surface area contributed by atoms with Gasteiger partial charge >= 0.3 is 0 Å². The van der Waals surface area contributed by atoms with E-state index < -0.39 is 0 Å². The normalized spacial score (nSPS) is 25.6. The lowest BCUT2D eigenvalue weighted by Gasteiger charge is -2.34. The standard InChI is InChI=1S/C14H22N4/c1-2-6-12(5-1)17-13-7-3-10-18(11-13)14-15-8-4-9-16-14/h4,8-9,12-13,17H,1-3,5-7,10-11H2/t13-/m1/s1. The third kappa shape index (κ3) is 2.80. The van der Waals surface area contributed by atoms with Crippen molar-refractivity contribution in [2.45, 2.75) is 50.6 Å². The van der Waals surface area contributed by atoms with E-state index in [1.807, 2.05) is 18.5 Å². The molecule has 4 nitrogen and oxygen atoms in total. The highest BCUT2D eigenvalue weighted by atomic mass is 15.3. The second kappa shape index (κ2) is 5.65. The SMILES string of the molecule is c1cnc(N2CCC[C@@H](NC3CCCC3)C2)nc1. The van der Waals surface area contributed by atoms with Crippen LogP contribution in [0, 0.1) is 0 Å². The predicted octanol–water partition coefficient (Wildman–Crippen LogP) is 1.98. The van der Waals surface area contributed by atoms with Gasteiger partial charge in [-0.25, -0.2) is 9.97 Å². The van der Waals surface area contributed by atoms with Crippen LogP contribution in [-0.2, 0) is 0 Å². The van der Waals surface area contributed by atoms with Gasteiger partial charge in [-0.3, -0.25) is 0 Å². The second-order valence-corrected chi connectivity index (χ2v) is 5.48. The van der Waals surface area contributed by atoms with Crippen molar-refractivity contribution in [3.63, 3.8) is 0 Å². The number of hydrogen-bond donors (Lipinski definition) is 1. The molecule has 0 radical (unpaired) electrons. The maximum absolute atomic E-state index is 4.36. The van der Waals surface area contributed by atoms with E-state index in [0.29, 0.717) is 6.04 Å². The Morgan fingerprint density at radius 2 is 1.72 bits per heavy atom. The minimum absolute atomic E-state index is 0.616. The third-order valence-corrected chi connectivity index (χ3v) is 4.08. The molecule has 0 spiro atoms. The summed E-state index contributed by atoms with van der Waals surface area (Å²) in [5.41, 5.74) is 0. The molecular formula is C14H22N4. The predicted molar refractivity (Wildman–Crippen MR) is 72.7 cm³/mol. The average Bonchev–Trinajstić information content (AvgIpc) is 2.93. The van der Waals surface area contributed by atoms with Gasteiger partial charge in [0.25, 0.3) is 0 Å². The molecule has 1 aromatic heterocycles. The number of rotatable bonds is 3. The van der Waals surface area contributed by atoms with Crippen LogP contribution in [0.1, 0.15) is 38.5 Å². The molecule has 1 N–H and O–H groups in total. The zero-order valence-electron chi connectivity index (χ0n) is 10.9. The van der Waals surface area contributed by atoms with Crippen LogP contribution in [0.15, 0.2) is 18.5 Å². The van der Waals surface area contributed by atoms with Gasteiger partial charge in [0.2, 0.25) is 5.95 Å². The summed E-state index contributed by atoms with van der Waals surface area (Å²) in [5.74, 6) is 0.885. The first-order valence-corrected chi connectivity index (χ1v) is 7.20. The summed E-state index contributed by atoms with van der Waals surface area (Å²) in [6.45, 7) is 2.15. The molecule has 1 aromatic rings. The van der Waals surface area contributed by atoms with Gasteiger partial charge in [0.1, 0.15) is 0 Å². The number of nitrogens with zero attached hydrogens (tertiary/aromatic N) is 3. The molecule has 3 rings (SSSR count). The van der Waals surface area contributed by atoms with E-state index in [2.05, 4.69) is 20.2 Å². The second-order valence-electron chi connectivity index (χ2n) is 5.48. The molecule has 1 aliphatic heterocycles. The van der Waals surface area contributed by atoms with Gasteiger partial charge in [-0.2, -0.15) is 0 Å². The first kappa shape index (κ1) is 11.9. The molecule has 1 saturated heterocycles. The van der Waals surface area contributed by atoms with Crippen LogP contribution < -0.4 is 10.2 Å². The van der Waals surface area contributed by atoms with Gasteiger partial charge in [0, 0.05) is 37.6 Å². The van der Waals surface area contributed by atoms with Crippen molar-refractivity contribution < 1.29 is 0 Å². The Bertz CT molecular complexity index is 361. The Labute approximate surface area is 109 Å². The molecule has 4 heteroatoms. The summed E-state index contributed by atoms with van der Waals surface area (Å²) >= 11 is 0. The number of aromatic nitrogens is 2. The fourth-order valence-corrected chi connectivity index (χ4v) is 3.18. The molecule has 1 atom stereocenters. The van der Waals surface area contributed by atoms with Crippen molar-refractivity contribution in [2.24, 2.45) is 0 Å². The van der Waals surface area contributed by atoms with E-state index in [9.17, 15) is 0 Å². The topological polar surface area (TPSA) is 41.1 Å². The summed E-state index contributed by atoms with van der Waals surface area (Å²) < 4.78 is 0. The van der Waals surface area contributed by atoms with Gasteiger partial charge in [-0.05, 0) is 31.7 Å². The molecule has 18 heavy (non-hydrogen) atoms. The molecule has 0 unspecified atom stereocenters. The van der Waals surface area contributed by atoms with Crippen molar-refractivity contribution in [2.75, 3.05) is 18.0 Å². The summed E-state index contributed by atoms with van der Waals surface area (Å²) in [6, 6.07) is 3.25. The lowest BCUT2D eigenvalue weighted by molar-refractivity contribution is 0.372. The fourth-order valence-electron chi connectivity index (χ4n) is 3.18. The van der Waals surface area contributed by atoms with Crippen LogP contribution in [0.5, 0.6) is 0 Å². The van der Waals surface area contributed by atoms with Gasteiger partial charge < -0.3 is 10.2 Å². The monoisotopic (exact) mass is 246 g/mol. The van der Waals surface area contributed by atoms with E-state index in [4.69, 9.17) is 0 Å². The molecule has 2 heterocycles. The van der Waals surface area contributed by atoms with E-state index in [0.717, 1.165) is 25.1 Å². The zero-order chi connectivity index (χ0) is 12.2. The van der Waals surface area contributed by atoms with E-state index in [-0.39, 0.29) is 0 Å². The lowest BCUT2D eigenvalue weighted by Crippen LogP contribution is -2.49. The zero-order valence-corrected chi connectivity index (χ0v) is 10.9. The number of nitrogens with one attached hydrogen (secondary N) is 1. The highest BCUT2D eigenvalue weighted by Crippen LogP contribution is 2.21. The molecule has 0 aromatic carbocycles. The Morgan fingerprint density at radius 3 is 2.50 bits per heavy atom. The van der Waals surface area contributed by atoms with Gasteiger partial charge in [0.15, 0.2) is 0 Å². The number of anilines is 1. The van der Waals surface area contributed by atoms with Gasteiger partial charge in [0.05, 0.1) is 0 Å². The van der Waals surface area contributed by atoms with Gasteiger partial charge in [-0.15, -0.1) is 0 Å². The molecular weight excluding hydrogens is 224 g/mol. The molecule has 2 fully saturated rings. The maximum atomic E-state index is 4.36. The van der Waals surface area contributed by atoms with Crippen molar-refractivity contribution in [1.29, 1.82) is 0 Å². The van der Waals surface area contributed by atoms with E-state index >= 15 is 0 Å². The van der Waals surface area contributed by atoms with Crippen LogP contribution in [0.3, 0.4) is 0 Å². The number of piperidine rings is 1. The Hall–Kier alpha value is -1.16. The lowest BCUT2D eigenvalue weighted by atomic mass is 10.0. The molecule has 1 aliphatic carbocycles. The van der Waals surface area contributed by atoms with Crippen LogP contribution in [0.25, 0.3) is 0 Å². The van der Waals surface area contributed by atoms with Crippen molar-refractivity contribution in [1.82, 2.24) is 15.3 Å². The summed E-state index contributed by atoms with van der Waals surface area (Å²) in [7, 11) is 0. The third-order valence-electron chi connectivity index (χ3n) is 4.08. The summed E-state index contributed by atoms with van der Waals surface area (Å²) in [5, 5.41) is 3.82. The highest BCUT2D eigenvalue weighted by Gasteiger charge is 2.24. The largest absolute Gasteiger partial charge is 0.339 e. The molecule has 2 aliphatic rings. The average molecular weight is 246 g/mol. The van der Waals surface area contributed by atoms with E-state index in [1.165, 1.54) is 38.5 Å². The summed E-state index contributed by atoms with van der Waals surface area (Å²) in [4.78, 5) is 11.0. The van der Waals surface area contributed by atoms with Crippen molar-refractivity contribution in [3.05, 3.63) is 18.5 Å². The highest BCUT2D eigenvalue weighted by molar-refractivity contribution is 5.29. The van der Waals surface area contributed by atoms with Crippen LogP contribution in [0.2, 0.25) is 0 Å². The van der Waals surface area contributed by atoms with Crippen LogP contribution >= 0.6 is 0 Å². The van der Waals surface area contributed by atoms with Crippen LogP contribution in [-0.4, -0.2) is 35.1 Å². The maximum Gasteiger partial charge on any atom is 0.225 e. The van der Waals surface area contributed by atoms with Crippen molar-refractivity contribution in [3.8, 4) is 0 Å². The van der Waals surface area contributed by atoms with Crippen molar-refractivity contribution >= 4 is 5.95 Å². The molecule has 98 valence electrons. The first-order valence-electron chi connectivity index (χ1n) is 7.20. The minimum atomic E-state index is 0.616. The number of hydrogen-bond acceptors (Lipinski definition) is 4. The first-order chi connectivity index (χ1) is 8.92. The quantitative estimate of drug-likeness (QED) is 0.885. The van der Waals surface area contributed by atoms with E-state index in [1.54, 1.807) is 0 Å². The van der Waals surface area contributed by atoms with Gasteiger partial charge in [-0.1, -0.05) is 12.8 Å². The minimum Gasteiger partial charge on any atom is -0.339 e. The molecule has 0 amide bonds. The Kier molecular flexibility index (Phi) is 3.74. The Morgan fingerprint density at radius 1 is 1.00 bits per heavy atom. The summed E-state index contributed by atoms with van der Waals surface area (Å²) in [6.07, 6.45) is 11.7. The molecule has 0 bridgehead atoms. The smallest absolute Gasteiger partial charge is 0.225 e. The fraction of sp³-hybridized carbons (Fsp3) is 0.714. The Balaban J connectivity index is 1.58.